The van der Waals surface area contributed by atoms with Gasteiger partial charge in [0.1, 0.15) is 0 Å². The van der Waals surface area contributed by atoms with E-state index in [9.17, 15) is 0 Å². The molecule has 2 nitrogen and oxygen atoms in total. The highest BCUT2D eigenvalue weighted by atomic mass is 127. The van der Waals surface area contributed by atoms with Crippen LogP contribution in [-0.4, -0.2) is 9.78 Å². The molecule has 0 saturated heterocycles. The largest absolute Gasteiger partial charge is 0.259 e. The Morgan fingerprint density at radius 1 is 1.80 bits per heavy atom. The molecule has 1 rings (SSSR count). The Hall–Kier alpha value is -0.320. The van der Waals surface area contributed by atoms with Crippen LogP contribution in [0.1, 0.15) is 6.42 Å². The predicted octanol–water partition coefficient (Wildman–Crippen LogP) is 2.06. The molecular formula is C7H9IN2. The van der Waals surface area contributed by atoms with Gasteiger partial charge >= 0.3 is 0 Å². The van der Waals surface area contributed by atoms with Crippen LogP contribution in [0.15, 0.2) is 24.9 Å². The van der Waals surface area contributed by atoms with Gasteiger partial charge in [-0.3, -0.25) is 4.68 Å². The summed E-state index contributed by atoms with van der Waals surface area (Å²) >= 11 is 2.26. The quantitative estimate of drug-likeness (QED) is 0.591. The van der Waals surface area contributed by atoms with E-state index in [2.05, 4.69) is 34.3 Å². The van der Waals surface area contributed by atoms with Crippen LogP contribution in [0.2, 0.25) is 0 Å². The van der Waals surface area contributed by atoms with Crippen molar-refractivity contribution in [1.29, 1.82) is 0 Å². The lowest BCUT2D eigenvalue weighted by molar-refractivity contribution is 0.610. The molecule has 1 aromatic rings. The van der Waals surface area contributed by atoms with E-state index in [1.54, 1.807) is 0 Å². The van der Waals surface area contributed by atoms with Crippen LogP contribution in [0.5, 0.6) is 0 Å². The van der Waals surface area contributed by atoms with Gasteiger partial charge in [0, 0.05) is 6.54 Å². The van der Waals surface area contributed by atoms with E-state index in [0.717, 1.165) is 13.0 Å². The first kappa shape index (κ1) is 7.78. The Balaban J connectivity index is 2.56. The predicted molar refractivity (Wildman–Crippen MR) is 49.8 cm³/mol. The fourth-order valence-corrected chi connectivity index (χ4v) is 1.22. The Kier molecular flexibility index (Phi) is 2.92. The zero-order valence-corrected chi connectivity index (χ0v) is 7.78. The zero-order chi connectivity index (χ0) is 7.40. The molecule has 1 aromatic heterocycles. The van der Waals surface area contributed by atoms with Crippen LogP contribution in [0.4, 0.5) is 0 Å². The molecule has 0 saturated carbocycles. The van der Waals surface area contributed by atoms with Gasteiger partial charge in [0.15, 0.2) is 0 Å². The number of allylic oxidation sites excluding steroid dienone is 1. The van der Waals surface area contributed by atoms with Crippen LogP contribution in [-0.2, 0) is 6.54 Å². The van der Waals surface area contributed by atoms with Crippen molar-refractivity contribution in [2.24, 2.45) is 0 Å². The van der Waals surface area contributed by atoms with Gasteiger partial charge in [-0.1, -0.05) is 6.08 Å². The summed E-state index contributed by atoms with van der Waals surface area (Å²) in [5.74, 6) is 0. The van der Waals surface area contributed by atoms with Crippen LogP contribution in [0.3, 0.4) is 0 Å². The van der Waals surface area contributed by atoms with Crippen LogP contribution < -0.4 is 0 Å². The summed E-state index contributed by atoms with van der Waals surface area (Å²) in [6.45, 7) is 4.59. The maximum absolute atomic E-state index is 4.11. The number of rotatable bonds is 3. The minimum absolute atomic E-state index is 0.939. The van der Waals surface area contributed by atoms with E-state index in [1.807, 2.05) is 23.0 Å². The summed E-state index contributed by atoms with van der Waals surface area (Å²) < 4.78 is 3.14. The van der Waals surface area contributed by atoms with Crippen LogP contribution in [0.25, 0.3) is 0 Å². The summed E-state index contributed by atoms with van der Waals surface area (Å²) in [6, 6.07) is 1.99. The molecule has 0 amide bonds. The molecule has 0 atom stereocenters. The molecule has 10 heavy (non-hydrogen) atoms. The van der Waals surface area contributed by atoms with Gasteiger partial charge in [-0.15, -0.1) is 6.58 Å². The van der Waals surface area contributed by atoms with Crippen molar-refractivity contribution >= 4 is 22.6 Å². The SMILES string of the molecule is C=CCCn1nccc1I. The molecule has 0 aliphatic carbocycles. The Morgan fingerprint density at radius 2 is 2.60 bits per heavy atom. The summed E-state index contributed by atoms with van der Waals surface area (Å²) in [6.07, 6.45) is 4.69. The van der Waals surface area contributed by atoms with Crippen molar-refractivity contribution in [2.75, 3.05) is 0 Å². The van der Waals surface area contributed by atoms with Crippen LogP contribution in [0, 0.1) is 3.70 Å². The van der Waals surface area contributed by atoms with E-state index in [-0.39, 0.29) is 0 Å². The van der Waals surface area contributed by atoms with Crippen LogP contribution >= 0.6 is 22.6 Å². The molecule has 1 heterocycles. The topological polar surface area (TPSA) is 17.8 Å². The number of hydrogen-bond donors (Lipinski definition) is 0. The molecule has 0 fully saturated rings. The van der Waals surface area contributed by atoms with E-state index >= 15 is 0 Å². The summed E-state index contributed by atoms with van der Waals surface area (Å²) in [4.78, 5) is 0. The fourth-order valence-electron chi connectivity index (χ4n) is 0.695. The van der Waals surface area contributed by atoms with Crippen molar-refractivity contribution in [3.8, 4) is 0 Å². The fraction of sp³-hybridized carbons (Fsp3) is 0.286. The molecule has 0 spiro atoms. The average molecular weight is 248 g/mol. The van der Waals surface area contributed by atoms with Gasteiger partial charge in [-0.2, -0.15) is 5.10 Å². The third kappa shape index (κ3) is 1.83. The minimum Gasteiger partial charge on any atom is -0.259 e. The van der Waals surface area contributed by atoms with Crippen molar-refractivity contribution in [3.63, 3.8) is 0 Å². The summed E-state index contributed by atoms with van der Waals surface area (Å²) in [7, 11) is 0. The number of hydrogen-bond acceptors (Lipinski definition) is 1. The average Bonchev–Trinajstić information content (AvgIpc) is 2.31. The number of nitrogens with zero attached hydrogens (tertiary/aromatic N) is 2. The number of aryl methyl sites for hydroxylation is 1. The van der Waals surface area contributed by atoms with Gasteiger partial charge in [0.2, 0.25) is 0 Å². The summed E-state index contributed by atoms with van der Waals surface area (Å²) in [5.41, 5.74) is 0. The van der Waals surface area contributed by atoms with E-state index in [0.29, 0.717) is 0 Å². The second-order valence-corrected chi connectivity index (χ2v) is 3.06. The number of aromatic nitrogens is 2. The van der Waals surface area contributed by atoms with Crippen molar-refractivity contribution in [2.45, 2.75) is 13.0 Å². The van der Waals surface area contributed by atoms with Gasteiger partial charge in [0.25, 0.3) is 0 Å². The highest BCUT2D eigenvalue weighted by Gasteiger charge is 1.94. The molecule has 0 bridgehead atoms. The van der Waals surface area contributed by atoms with Gasteiger partial charge < -0.3 is 0 Å². The normalized spacial score (nSPS) is 9.70. The molecule has 54 valence electrons. The maximum atomic E-state index is 4.11. The lowest BCUT2D eigenvalue weighted by Crippen LogP contribution is -2.00. The number of halogens is 1. The zero-order valence-electron chi connectivity index (χ0n) is 5.63. The monoisotopic (exact) mass is 248 g/mol. The van der Waals surface area contributed by atoms with Crippen molar-refractivity contribution < 1.29 is 0 Å². The minimum atomic E-state index is 0.939. The lowest BCUT2D eigenvalue weighted by atomic mass is 10.4. The lowest BCUT2D eigenvalue weighted by Gasteiger charge is -1.97. The summed E-state index contributed by atoms with van der Waals surface area (Å²) in [5, 5.41) is 4.11. The molecule has 0 unspecified atom stereocenters. The first-order chi connectivity index (χ1) is 4.84. The second-order valence-electron chi connectivity index (χ2n) is 1.95. The smallest absolute Gasteiger partial charge is 0.0989 e. The molecule has 0 radical (unpaired) electrons. The van der Waals surface area contributed by atoms with Crippen molar-refractivity contribution in [1.82, 2.24) is 9.78 Å². The van der Waals surface area contributed by atoms with Gasteiger partial charge in [-0.05, 0) is 35.1 Å². The van der Waals surface area contributed by atoms with Gasteiger partial charge in [0.05, 0.1) is 9.90 Å². The Bertz CT molecular complexity index is 217. The maximum Gasteiger partial charge on any atom is 0.0989 e. The van der Waals surface area contributed by atoms with E-state index < -0.39 is 0 Å². The molecule has 3 heteroatoms. The molecule has 0 aliphatic rings. The Labute approximate surface area is 74.1 Å². The molecular weight excluding hydrogens is 239 g/mol. The molecule has 0 aliphatic heterocycles. The third-order valence-electron chi connectivity index (χ3n) is 1.21. The van der Waals surface area contributed by atoms with Gasteiger partial charge in [-0.25, -0.2) is 0 Å². The van der Waals surface area contributed by atoms with E-state index in [1.165, 1.54) is 3.70 Å². The second kappa shape index (κ2) is 3.75. The highest BCUT2D eigenvalue weighted by molar-refractivity contribution is 14.1. The van der Waals surface area contributed by atoms with Crippen molar-refractivity contribution in [3.05, 3.63) is 28.6 Å². The first-order valence-corrected chi connectivity index (χ1v) is 4.20. The third-order valence-corrected chi connectivity index (χ3v) is 2.13. The first-order valence-electron chi connectivity index (χ1n) is 3.13. The Morgan fingerprint density at radius 3 is 3.10 bits per heavy atom. The molecule has 0 N–H and O–H groups in total. The van der Waals surface area contributed by atoms with E-state index in [4.69, 9.17) is 0 Å². The standard InChI is InChI=1S/C7H9IN2/c1-2-3-6-10-7(8)4-5-9-10/h2,4-5H,1,3,6H2. The molecule has 0 aromatic carbocycles. The highest BCUT2D eigenvalue weighted by Crippen LogP contribution is 2.02.